The number of carbonyl (C=O) groups is 1. The van der Waals surface area contributed by atoms with Crippen molar-refractivity contribution in [1.29, 1.82) is 0 Å². The SMILES string of the molecule is Cc1cccc(CNC(=O)C(C)Oc2ccccc2C(C)C)c1. The Labute approximate surface area is 138 Å². The summed E-state index contributed by atoms with van der Waals surface area (Å²) in [5, 5.41) is 2.93. The van der Waals surface area contributed by atoms with E-state index in [0.717, 1.165) is 16.9 Å². The molecule has 3 heteroatoms. The molecule has 0 aliphatic carbocycles. The molecule has 1 atom stereocenters. The fraction of sp³-hybridized carbons (Fsp3) is 0.350. The smallest absolute Gasteiger partial charge is 0.261 e. The summed E-state index contributed by atoms with van der Waals surface area (Å²) in [7, 11) is 0. The van der Waals surface area contributed by atoms with Gasteiger partial charge in [-0.15, -0.1) is 0 Å². The summed E-state index contributed by atoms with van der Waals surface area (Å²) >= 11 is 0. The van der Waals surface area contributed by atoms with Gasteiger partial charge in [-0.05, 0) is 37.0 Å². The minimum absolute atomic E-state index is 0.106. The standard InChI is InChI=1S/C20H25NO2/c1-14(2)18-10-5-6-11-19(18)23-16(4)20(22)21-13-17-9-7-8-15(3)12-17/h5-12,14,16H,13H2,1-4H3,(H,21,22). The highest BCUT2D eigenvalue weighted by Crippen LogP contribution is 2.26. The highest BCUT2D eigenvalue weighted by atomic mass is 16.5. The molecule has 0 spiro atoms. The minimum atomic E-state index is -0.528. The molecule has 0 saturated carbocycles. The Kier molecular flexibility index (Phi) is 5.80. The van der Waals surface area contributed by atoms with Gasteiger partial charge in [0.15, 0.2) is 6.10 Å². The number of hydrogen-bond donors (Lipinski definition) is 1. The first-order valence-corrected chi connectivity index (χ1v) is 8.06. The highest BCUT2D eigenvalue weighted by Gasteiger charge is 2.16. The van der Waals surface area contributed by atoms with Crippen LogP contribution in [0.1, 0.15) is 43.4 Å². The molecule has 2 aromatic carbocycles. The Morgan fingerprint density at radius 2 is 1.83 bits per heavy atom. The first-order valence-electron chi connectivity index (χ1n) is 8.06. The Morgan fingerprint density at radius 1 is 1.09 bits per heavy atom. The third-order valence-electron chi connectivity index (χ3n) is 3.76. The first-order chi connectivity index (χ1) is 11.0. The van der Waals surface area contributed by atoms with Gasteiger partial charge < -0.3 is 10.1 Å². The second-order valence-corrected chi connectivity index (χ2v) is 6.16. The van der Waals surface area contributed by atoms with Gasteiger partial charge in [0.1, 0.15) is 5.75 Å². The molecule has 122 valence electrons. The van der Waals surface area contributed by atoms with Crippen LogP contribution in [0.2, 0.25) is 0 Å². The lowest BCUT2D eigenvalue weighted by Crippen LogP contribution is -2.36. The van der Waals surface area contributed by atoms with Crippen LogP contribution in [0.4, 0.5) is 0 Å². The Morgan fingerprint density at radius 3 is 2.52 bits per heavy atom. The summed E-state index contributed by atoms with van der Waals surface area (Å²) in [6, 6.07) is 16.0. The third-order valence-corrected chi connectivity index (χ3v) is 3.76. The molecule has 0 saturated heterocycles. The van der Waals surface area contributed by atoms with Crippen molar-refractivity contribution in [2.24, 2.45) is 0 Å². The van der Waals surface area contributed by atoms with Crippen molar-refractivity contribution in [1.82, 2.24) is 5.32 Å². The van der Waals surface area contributed by atoms with Crippen LogP contribution in [0.5, 0.6) is 5.75 Å². The van der Waals surface area contributed by atoms with Gasteiger partial charge in [-0.3, -0.25) is 4.79 Å². The first kappa shape index (κ1) is 17.1. The van der Waals surface area contributed by atoms with Crippen LogP contribution < -0.4 is 10.1 Å². The maximum Gasteiger partial charge on any atom is 0.261 e. The maximum atomic E-state index is 12.3. The van der Waals surface area contributed by atoms with Gasteiger partial charge >= 0.3 is 0 Å². The molecule has 2 aromatic rings. The Balaban J connectivity index is 1.95. The van der Waals surface area contributed by atoms with Gasteiger partial charge in [0.05, 0.1) is 0 Å². The van der Waals surface area contributed by atoms with E-state index in [0.29, 0.717) is 12.5 Å². The van der Waals surface area contributed by atoms with Gasteiger partial charge in [-0.25, -0.2) is 0 Å². The number of hydrogen-bond acceptors (Lipinski definition) is 2. The van der Waals surface area contributed by atoms with Gasteiger partial charge in [0.25, 0.3) is 5.91 Å². The van der Waals surface area contributed by atoms with Crippen molar-refractivity contribution in [2.75, 3.05) is 0 Å². The third kappa shape index (κ3) is 4.85. The van der Waals surface area contributed by atoms with E-state index < -0.39 is 6.10 Å². The van der Waals surface area contributed by atoms with E-state index in [4.69, 9.17) is 4.74 Å². The van der Waals surface area contributed by atoms with Gasteiger partial charge in [0.2, 0.25) is 0 Å². The van der Waals surface area contributed by atoms with Gasteiger partial charge in [0, 0.05) is 6.54 Å². The normalized spacial score (nSPS) is 12.0. The molecule has 2 rings (SSSR count). The lowest BCUT2D eigenvalue weighted by atomic mass is 10.0. The summed E-state index contributed by atoms with van der Waals surface area (Å²) < 4.78 is 5.87. The lowest BCUT2D eigenvalue weighted by molar-refractivity contribution is -0.127. The lowest BCUT2D eigenvalue weighted by Gasteiger charge is -2.18. The molecule has 23 heavy (non-hydrogen) atoms. The van der Waals surface area contributed by atoms with Crippen LogP contribution in [0.15, 0.2) is 48.5 Å². The predicted molar refractivity (Wildman–Crippen MR) is 93.6 cm³/mol. The van der Waals surface area contributed by atoms with E-state index in [2.05, 4.69) is 25.2 Å². The monoisotopic (exact) mass is 311 g/mol. The summed E-state index contributed by atoms with van der Waals surface area (Å²) in [5.41, 5.74) is 3.39. The van der Waals surface area contributed by atoms with Crippen molar-refractivity contribution >= 4 is 5.91 Å². The van der Waals surface area contributed by atoms with Crippen LogP contribution >= 0.6 is 0 Å². The van der Waals surface area contributed by atoms with E-state index in [-0.39, 0.29) is 5.91 Å². The Bertz CT molecular complexity index is 664. The average Bonchev–Trinajstić information content (AvgIpc) is 2.53. The van der Waals surface area contributed by atoms with Crippen molar-refractivity contribution in [2.45, 2.75) is 46.3 Å². The van der Waals surface area contributed by atoms with E-state index in [1.807, 2.05) is 49.4 Å². The molecular weight excluding hydrogens is 286 g/mol. The maximum absolute atomic E-state index is 12.3. The van der Waals surface area contributed by atoms with Crippen LogP contribution in [-0.4, -0.2) is 12.0 Å². The summed E-state index contributed by atoms with van der Waals surface area (Å²) in [5.74, 6) is 1.03. The van der Waals surface area contributed by atoms with Crippen molar-refractivity contribution in [3.8, 4) is 5.75 Å². The number of para-hydroxylation sites is 1. The van der Waals surface area contributed by atoms with Crippen LogP contribution in [0, 0.1) is 6.92 Å². The van der Waals surface area contributed by atoms with Gasteiger partial charge in [-0.1, -0.05) is 61.9 Å². The van der Waals surface area contributed by atoms with E-state index >= 15 is 0 Å². The molecule has 0 heterocycles. The number of benzene rings is 2. The number of ether oxygens (including phenoxy) is 1. The molecule has 0 radical (unpaired) electrons. The molecular formula is C20H25NO2. The van der Waals surface area contributed by atoms with Crippen LogP contribution in [-0.2, 0) is 11.3 Å². The van der Waals surface area contributed by atoms with Crippen LogP contribution in [0.3, 0.4) is 0 Å². The zero-order valence-electron chi connectivity index (χ0n) is 14.3. The number of carbonyl (C=O) groups excluding carboxylic acids is 1. The summed E-state index contributed by atoms with van der Waals surface area (Å²) in [6.07, 6.45) is -0.528. The van der Waals surface area contributed by atoms with E-state index in [1.165, 1.54) is 5.56 Å². The van der Waals surface area contributed by atoms with Crippen molar-refractivity contribution in [3.63, 3.8) is 0 Å². The highest BCUT2D eigenvalue weighted by molar-refractivity contribution is 5.80. The Hall–Kier alpha value is -2.29. The number of rotatable bonds is 6. The quantitative estimate of drug-likeness (QED) is 0.868. The molecule has 1 N–H and O–H groups in total. The molecule has 0 fully saturated rings. The molecule has 0 aliphatic heterocycles. The van der Waals surface area contributed by atoms with Gasteiger partial charge in [-0.2, -0.15) is 0 Å². The zero-order chi connectivity index (χ0) is 16.8. The fourth-order valence-corrected chi connectivity index (χ4v) is 2.46. The fourth-order valence-electron chi connectivity index (χ4n) is 2.46. The number of aryl methyl sites for hydroxylation is 1. The summed E-state index contributed by atoms with van der Waals surface area (Å²) in [6.45, 7) is 8.57. The molecule has 1 amide bonds. The second-order valence-electron chi connectivity index (χ2n) is 6.16. The second kappa shape index (κ2) is 7.82. The molecule has 1 unspecified atom stereocenters. The van der Waals surface area contributed by atoms with Crippen LogP contribution in [0.25, 0.3) is 0 Å². The minimum Gasteiger partial charge on any atom is -0.481 e. The van der Waals surface area contributed by atoms with Crippen molar-refractivity contribution in [3.05, 3.63) is 65.2 Å². The predicted octanol–water partition coefficient (Wildman–Crippen LogP) is 4.20. The molecule has 0 aliphatic rings. The number of amides is 1. The molecule has 3 nitrogen and oxygen atoms in total. The summed E-state index contributed by atoms with van der Waals surface area (Å²) in [4.78, 5) is 12.3. The molecule has 0 aromatic heterocycles. The van der Waals surface area contributed by atoms with E-state index in [9.17, 15) is 4.79 Å². The zero-order valence-corrected chi connectivity index (χ0v) is 14.3. The van der Waals surface area contributed by atoms with Crippen molar-refractivity contribution < 1.29 is 9.53 Å². The molecule has 0 bridgehead atoms. The van der Waals surface area contributed by atoms with E-state index in [1.54, 1.807) is 6.92 Å². The topological polar surface area (TPSA) is 38.3 Å². The largest absolute Gasteiger partial charge is 0.481 e. The average molecular weight is 311 g/mol. The number of nitrogens with one attached hydrogen (secondary N) is 1.